The number of H-pyrrole nitrogens is 1. The summed E-state index contributed by atoms with van der Waals surface area (Å²) in [6.45, 7) is 1.97. The highest BCUT2D eigenvalue weighted by atomic mass is 16.4. The van der Waals surface area contributed by atoms with Crippen molar-refractivity contribution < 1.29 is 14.7 Å². The molecule has 3 N–H and O–H groups in total. The van der Waals surface area contributed by atoms with Crippen molar-refractivity contribution in [3.63, 3.8) is 0 Å². The number of carbonyl (C=O) groups excluding carboxylic acids is 1. The number of unbranched alkanes of at least 4 members (excludes halogenated alkanes) is 1. The number of aromatic nitrogens is 2. The molecule has 0 aromatic carbocycles. The van der Waals surface area contributed by atoms with E-state index in [0.29, 0.717) is 6.42 Å². The predicted octanol–water partition coefficient (Wildman–Crippen LogP) is 0.783. The molecule has 0 aliphatic rings. The molecule has 0 spiro atoms. The number of nitrogens with zero attached hydrogens (tertiary/aromatic N) is 1. The zero-order valence-corrected chi connectivity index (χ0v) is 9.06. The quantitative estimate of drug-likeness (QED) is 0.666. The second kappa shape index (κ2) is 5.89. The van der Waals surface area contributed by atoms with Crippen molar-refractivity contribution >= 4 is 11.9 Å². The molecule has 1 rings (SSSR count). The van der Waals surface area contributed by atoms with Crippen LogP contribution in [-0.2, 0) is 4.79 Å². The van der Waals surface area contributed by atoms with Crippen molar-refractivity contribution in [2.45, 2.75) is 32.2 Å². The highest BCUT2D eigenvalue weighted by Gasteiger charge is 2.20. The van der Waals surface area contributed by atoms with E-state index in [0.717, 1.165) is 12.8 Å². The van der Waals surface area contributed by atoms with Crippen LogP contribution in [0.25, 0.3) is 0 Å². The van der Waals surface area contributed by atoms with E-state index in [1.807, 2.05) is 6.92 Å². The summed E-state index contributed by atoms with van der Waals surface area (Å²) in [5, 5.41) is 11.3. The van der Waals surface area contributed by atoms with Crippen molar-refractivity contribution in [2.75, 3.05) is 0 Å². The number of hydrogen-bond acceptors (Lipinski definition) is 3. The Bertz CT molecular complexity index is 348. The summed E-state index contributed by atoms with van der Waals surface area (Å²) in [5.74, 6) is -1.38. The smallest absolute Gasteiger partial charge is 0.326 e. The lowest BCUT2D eigenvalue weighted by Gasteiger charge is -2.12. The molecule has 88 valence electrons. The minimum Gasteiger partial charge on any atom is -0.480 e. The Hall–Kier alpha value is -1.85. The van der Waals surface area contributed by atoms with Crippen LogP contribution in [0.4, 0.5) is 0 Å². The van der Waals surface area contributed by atoms with Gasteiger partial charge >= 0.3 is 5.97 Å². The van der Waals surface area contributed by atoms with Crippen molar-refractivity contribution in [1.82, 2.24) is 15.3 Å². The number of rotatable bonds is 6. The summed E-state index contributed by atoms with van der Waals surface area (Å²) in [6.07, 6.45) is 5.03. The molecular weight excluding hydrogens is 210 g/mol. The number of aliphatic carboxylic acids is 1. The second-order valence-electron chi connectivity index (χ2n) is 3.44. The average molecular weight is 225 g/mol. The first-order valence-corrected chi connectivity index (χ1v) is 5.18. The van der Waals surface area contributed by atoms with Crippen LogP contribution in [0.15, 0.2) is 12.4 Å². The van der Waals surface area contributed by atoms with Gasteiger partial charge in [-0.25, -0.2) is 9.78 Å². The van der Waals surface area contributed by atoms with Gasteiger partial charge in [-0.1, -0.05) is 19.8 Å². The van der Waals surface area contributed by atoms with Gasteiger partial charge in [0.1, 0.15) is 6.04 Å². The summed E-state index contributed by atoms with van der Waals surface area (Å²) in [7, 11) is 0. The lowest BCUT2D eigenvalue weighted by molar-refractivity contribution is -0.139. The molecule has 0 aliphatic carbocycles. The minimum atomic E-state index is -1.02. The molecule has 0 saturated heterocycles. The Morgan fingerprint density at radius 2 is 2.38 bits per heavy atom. The maximum atomic E-state index is 11.5. The van der Waals surface area contributed by atoms with Gasteiger partial charge in [0.25, 0.3) is 5.91 Å². The molecule has 0 fully saturated rings. The third-order valence-electron chi connectivity index (χ3n) is 2.16. The van der Waals surface area contributed by atoms with Gasteiger partial charge in [0.2, 0.25) is 0 Å². The molecule has 6 nitrogen and oxygen atoms in total. The van der Waals surface area contributed by atoms with Gasteiger partial charge in [-0.3, -0.25) is 4.79 Å². The fourth-order valence-electron chi connectivity index (χ4n) is 1.28. The molecule has 1 atom stereocenters. The van der Waals surface area contributed by atoms with Crippen molar-refractivity contribution in [1.29, 1.82) is 0 Å². The number of carboxylic acid groups (broad SMARTS) is 1. The van der Waals surface area contributed by atoms with E-state index in [4.69, 9.17) is 5.11 Å². The van der Waals surface area contributed by atoms with Crippen molar-refractivity contribution in [3.8, 4) is 0 Å². The Kier molecular flexibility index (Phi) is 4.50. The van der Waals surface area contributed by atoms with E-state index in [-0.39, 0.29) is 5.82 Å². The normalized spacial score (nSPS) is 12.1. The third kappa shape index (κ3) is 3.38. The molecule has 1 aromatic rings. The first kappa shape index (κ1) is 12.2. The Balaban J connectivity index is 2.54. The number of hydrogen-bond donors (Lipinski definition) is 3. The summed E-state index contributed by atoms with van der Waals surface area (Å²) in [6, 6.07) is -0.849. The summed E-state index contributed by atoms with van der Waals surface area (Å²) < 4.78 is 0. The summed E-state index contributed by atoms with van der Waals surface area (Å²) >= 11 is 0. The van der Waals surface area contributed by atoms with E-state index >= 15 is 0 Å². The minimum absolute atomic E-state index is 0.128. The molecule has 0 bridgehead atoms. The molecule has 16 heavy (non-hydrogen) atoms. The van der Waals surface area contributed by atoms with E-state index in [1.54, 1.807) is 0 Å². The van der Waals surface area contributed by atoms with Gasteiger partial charge in [-0.05, 0) is 6.42 Å². The maximum absolute atomic E-state index is 11.5. The number of nitrogens with one attached hydrogen (secondary N) is 2. The molecule has 1 unspecified atom stereocenters. The van der Waals surface area contributed by atoms with E-state index in [1.165, 1.54) is 12.4 Å². The highest BCUT2D eigenvalue weighted by Crippen LogP contribution is 2.02. The van der Waals surface area contributed by atoms with Crippen molar-refractivity contribution in [2.24, 2.45) is 0 Å². The standard InChI is InChI=1S/C10H15N3O3/c1-2-3-4-7(10(15)16)13-9(14)8-11-5-6-12-8/h5-7H,2-4H2,1H3,(H,11,12)(H,13,14)(H,15,16). The zero-order valence-electron chi connectivity index (χ0n) is 9.06. The van der Waals surface area contributed by atoms with Crippen LogP contribution in [0.5, 0.6) is 0 Å². The number of carbonyl (C=O) groups is 2. The Morgan fingerprint density at radius 1 is 1.62 bits per heavy atom. The molecule has 6 heteroatoms. The van der Waals surface area contributed by atoms with E-state index in [2.05, 4.69) is 15.3 Å². The first-order chi connectivity index (χ1) is 7.65. The highest BCUT2D eigenvalue weighted by molar-refractivity contribution is 5.93. The number of aromatic amines is 1. The molecule has 1 amide bonds. The molecular formula is C10H15N3O3. The van der Waals surface area contributed by atoms with Crippen LogP contribution in [0.2, 0.25) is 0 Å². The second-order valence-corrected chi connectivity index (χ2v) is 3.44. The predicted molar refractivity (Wildman–Crippen MR) is 57.0 cm³/mol. The van der Waals surface area contributed by atoms with E-state index < -0.39 is 17.9 Å². The lowest BCUT2D eigenvalue weighted by atomic mass is 10.1. The zero-order chi connectivity index (χ0) is 12.0. The fourth-order valence-corrected chi connectivity index (χ4v) is 1.28. The maximum Gasteiger partial charge on any atom is 0.326 e. The van der Waals surface area contributed by atoms with Crippen LogP contribution in [0.1, 0.15) is 36.8 Å². The molecule has 1 aromatic heterocycles. The Labute approximate surface area is 93.1 Å². The number of amides is 1. The molecule has 0 radical (unpaired) electrons. The van der Waals surface area contributed by atoms with Gasteiger partial charge in [0.05, 0.1) is 0 Å². The number of carboxylic acids is 1. The van der Waals surface area contributed by atoms with Crippen molar-refractivity contribution in [3.05, 3.63) is 18.2 Å². The summed E-state index contributed by atoms with van der Waals surface area (Å²) in [4.78, 5) is 28.8. The van der Waals surface area contributed by atoms with Gasteiger partial charge in [0.15, 0.2) is 5.82 Å². The van der Waals surface area contributed by atoms with Crippen LogP contribution >= 0.6 is 0 Å². The molecule has 0 saturated carbocycles. The first-order valence-electron chi connectivity index (χ1n) is 5.18. The largest absolute Gasteiger partial charge is 0.480 e. The van der Waals surface area contributed by atoms with E-state index in [9.17, 15) is 9.59 Å². The average Bonchev–Trinajstić information content (AvgIpc) is 2.76. The van der Waals surface area contributed by atoms with Crippen LogP contribution in [0, 0.1) is 0 Å². The van der Waals surface area contributed by atoms with Crippen LogP contribution < -0.4 is 5.32 Å². The topological polar surface area (TPSA) is 95.1 Å². The van der Waals surface area contributed by atoms with Crippen LogP contribution in [-0.4, -0.2) is 33.0 Å². The van der Waals surface area contributed by atoms with Gasteiger partial charge in [-0.2, -0.15) is 0 Å². The van der Waals surface area contributed by atoms with Gasteiger partial charge in [-0.15, -0.1) is 0 Å². The summed E-state index contributed by atoms with van der Waals surface area (Å²) in [5.41, 5.74) is 0. The lowest BCUT2D eigenvalue weighted by Crippen LogP contribution is -2.41. The van der Waals surface area contributed by atoms with Gasteiger partial charge in [0, 0.05) is 12.4 Å². The molecule has 1 heterocycles. The van der Waals surface area contributed by atoms with Crippen LogP contribution in [0.3, 0.4) is 0 Å². The Morgan fingerprint density at radius 3 is 2.88 bits per heavy atom. The SMILES string of the molecule is CCCCC(NC(=O)c1ncc[nH]1)C(=O)O. The fraction of sp³-hybridized carbons (Fsp3) is 0.500. The number of imidazole rings is 1. The monoisotopic (exact) mass is 225 g/mol. The third-order valence-corrected chi connectivity index (χ3v) is 2.16. The van der Waals surface area contributed by atoms with Gasteiger partial charge < -0.3 is 15.4 Å². The molecule has 0 aliphatic heterocycles.